The minimum absolute atomic E-state index is 0.0238. The number of nitrogens with one attached hydrogen (secondary N) is 3. The Labute approximate surface area is 310 Å². The summed E-state index contributed by atoms with van der Waals surface area (Å²) < 4.78 is 42.6. The van der Waals surface area contributed by atoms with Crippen LogP contribution in [0.25, 0.3) is 11.3 Å². The second-order valence-electron chi connectivity index (χ2n) is 15.5. The van der Waals surface area contributed by atoms with E-state index in [2.05, 4.69) is 54.8 Å². The number of phenols is 1. The summed E-state index contributed by atoms with van der Waals surface area (Å²) in [5, 5.41) is 19.2. The molecule has 15 heteroatoms. The number of amides is 3. The Morgan fingerprint density at radius 1 is 1.19 bits per heavy atom. The lowest BCUT2D eigenvalue weighted by molar-refractivity contribution is -0.0140. The van der Waals surface area contributed by atoms with E-state index in [4.69, 9.17) is 25.7 Å². The van der Waals surface area contributed by atoms with Gasteiger partial charge in [0, 0.05) is 43.5 Å². The Balaban J connectivity index is 1.72. The largest absolute Gasteiger partial charge is 0.504 e. The fourth-order valence-corrected chi connectivity index (χ4v) is 7.67. The maximum absolute atomic E-state index is 15.1. The second kappa shape index (κ2) is 14.9. The Morgan fingerprint density at radius 3 is 2.56 bits per heavy atom. The number of pyridine rings is 2. The number of benzene rings is 1. The van der Waals surface area contributed by atoms with Gasteiger partial charge in [0.15, 0.2) is 19.9 Å². The van der Waals surface area contributed by atoms with Crippen LogP contribution in [0.15, 0.2) is 30.5 Å². The first-order chi connectivity index (χ1) is 24.3. The molecule has 0 aliphatic carbocycles. The average molecular weight is 759 g/mol. The monoisotopic (exact) mass is 758 g/mol. The molecule has 52 heavy (non-hydrogen) atoms. The smallest absolute Gasteiger partial charge is 0.412 e. The Hall–Kier alpha value is -3.85. The van der Waals surface area contributed by atoms with Gasteiger partial charge in [0.1, 0.15) is 11.6 Å². The summed E-state index contributed by atoms with van der Waals surface area (Å²) in [5.74, 6) is -3.40. The molecule has 3 amide bonds. The average Bonchev–Trinajstić information content (AvgIpc) is 3.05. The number of phenolic OH excluding ortho intramolecular Hbond substituents is 1. The molecule has 0 saturated carbocycles. The topological polar surface area (TPSA) is 138 Å². The minimum Gasteiger partial charge on any atom is -0.504 e. The van der Waals surface area contributed by atoms with Gasteiger partial charge in [0.05, 0.1) is 27.5 Å². The van der Waals surface area contributed by atoms with E-state index in [9.17, 15) is 19.1 Å². The zero-order valence-electron chi connectivity index (χ0n) is 31.2. The summed E-state index contributed by atoms with van der Waals surface area (Å²) in [6.07, 6.45) is 2.08. The highest BCUT2D eigenvalue weighted by atomic mass is 35.5. The van der Waals surface area contributed by atoms with E-state index < -0.39 is 49.1 Å². The highest BCUT2D eigenvalue weighted by Crippen LogP contribution is 2.47. The summed E-state index contributed by atoms with van der Waals surface area (Å²) in [4.78, 5) is 38.9. The van der Waals surface area contributed by atoms with Crippen LogP contribution in [-0.2, 0) is 21.3 Å². The fourth-order valence-electron chi connectivity index (χ4n) is 6.33. The van der Waals surface area contributed by atoms with Crippen molar-refractivity contribution in [2.75, 3.05) is 25.0 Å². The summed E-state index contributed by atoms with van der Waals surface area (Å²) in [6.45, 7) is 20.0. The molecule has 3 unspecified atom stereocenters. The lowest BCUT2D eigenvalue weighted by Crippen LogP contribution is -2.61. The maximum Gasteiger partial charge on any atom is 0.412 e. The number of ether oxygens (including phenoxy) is 1. The summed E-state index contributed by atoms with van der Waals surface area (Å²) >= 11 is 6.80. The normalized spacial score (nSPS) is 20.7. The van der Waals surface area contributed by atoms with Gasteiger partial charge < -0.3 is 24.5 Å². The van der Waals surface area contributed by atoms with Crippen LogP contribution in [0, 0.1) is 11.6 Å². The number of fused-ring (bicyclic) bond motifs is 1. The number of hydrogen-bond acceptors (Lipinski definition) is 8. The van der Waals surface area contributed by atoms with Crippen molar-refractivity contribution in [3.8, 4) is 17.0 Å². The first-order valence-electron chi connectivity index (χ1n) is 17.6. The number of carbonyl (C=O) groups is 2. The van der Waals surface area contributed by atoms with Gasteiger partial charge in [-0.3, -0.25) is 15.6 Å². The highest BCUT2D eigenvalue weighted by molar-refractivity contribution is 6.74. The van der Waals surface area contributed by atoms with Gasteiger partial charge in [-0.15, -0.1) is 0 Å². The van der Waals surface area contributed by atoms with Crippen LogP contribution in [0.5, 0.6) is 5.75 Å². The van der Waals surface area contributed by atoms with E-state index in [0.29, 0.717) is 43.8 Å². The molecule has 0 spiro atoms. The molecule has 5 rings (SSSR count). The number of urea groups is 1. The third kappa shape index (κ3) is 7.61. The number of aryl methyl sites for hydroxylation is 1. The van der Waals surface area contributed by atoms with Gasteiger partial charge in [0.2, 0.25) is 5.72 Å². The van der Waals surface area contributed by atoms with Crippen LogP contribution < -0.4 is 16.0 Å². The van der Waals surface area contributed by atoms with E-state index in [1.54, 1.807) is 11.1 Å². The number of aromatic nitrogens is 2. The minimum atomic E-state index is -2.04. The van der Waals surface area contributed by atoms with E-state index in [1.807, 2.05) is 33.8 Å². The molecule has 282 valence electrons. The van der Waals surface area contributed by atoms with E-state index in [0.717, 1.165) is 17.7 Å². The molecule has 1 fully saturated rings. The number of halogens is 3. The highest BCUT2D eigenvalue weighted by Gasteiger charge is 2.51. The third-order valence-corrected chi connectivity index (χ3v) is 15.1. The van der Waals surface area contributed by atoms with Crippen molar-refractivity contribution in [1.82, 2.24) is 25.5 Å². The van der Waals surface area contributed by atoms with E-state index in [1.165, 1.54) is 6.07 Å². The molecule has 11 nitrogen and oxygen atoms in total. The van der Waals surface area contributed by atoms with Gasteiger partial charge in [-0.1, -0.05) is 46.2 Å². The number of piperazine rings is 1. The van der Waals surface area contributed by atoms with Crippen molar-refractivity contribution in [2.24, 2.45) is 0 Å². The van der Waals surface area contributed by atoms with Gasteiger partial charge >= 0.3 is 12.1 Å². The van der Waals surface area contributed by atoms with Crippen LogP contribution in [0.4, 0.5) is 24.2 Å². The zero-order valence-corrected chi connectivity index (χ0v) is 33.0. The van der Waals surface area contributed by atoms with Gasteiger partial charge in [-0.25, -0.2) is 23.4 Å². The molecule has 2 aliphatic heterocycles. The number of aromatic hydroxyl groups is 1. The van der Waals surface area contributed by atoms with Gasteiger partial charge in [-0.05, 0) is 80.6 Å². The van der Waals surface area contributed by atoms with Gasteiger partial charge in [-0.2, -0.15) is 0 Å². The molecule has 3 atom stereocenters. The molecule has 3 aromatic rings. The molecule has 4 N–H and O–H groups in total. The molecular formula is C37H49ClF2N6O5Si. The number of carbonyl (C=O) groups excluding carboxylic acids is 2. The molecule has 0 radical (unpaired) electrons. The first-order valence-corrected chi connectivity index (χ1v) is 20.9. The molecule has 2 aliphatic rings. The van der Waals surface area contributed by atoms with E-state index >= 15 is 4.39 Å². The number of hydrogen-bond donors (Lipinski definition) is 4. The summed E-state index contributed by atoms with van der Waals surface area (Å²) in [6, 6.07) is 3.79. The van der Waals surface area contributed by atoms with Crippen LogP contribution in [-0.4, -0.2) is 72.2 Å². The van der Waals surface area contributed by atoms with Crippen molar-refractivity contribution >= 4 is 37.9 Å². The SMILES string of the molecule is CC1CN(C(=O)OC2(c3c(CCCO[Si](C)(C)C(C)(C)C)ccnc3C(C)C)NC(=O)Nc3nc(-c4c(F)ccc(F)c4O)c(Cl)cc32)C(C)CN1. The quantitative estimate of drug-likeness (QED) is 0.127. The summed E-state index contributed by atoms with van der Waals surface area (Å²) in [5.41, 5.74) is -1.06. The Bertz CT molecular complexity index is 1860. The molecule has 1 saturated heterocycles. The second-order valence-corrected chi connectivity index (χ2v) is 20.7. The van der Waals surface area contributed by atoms with Crippen LogP contribution in [0.2, 0.25) is 23.2 Å². The molecule has 2 aromatic heterocycles. The van der Waals surface area contributed by atoms with Crippen LogP contribution in [0.3, 0.4) is 0 Å². The lowest BCUT2D eigenvalue weighted by Gasteiger charge is -2.44. The first kappa shape index (κ1) is 39.4. The zero-order chi connectivity index (χ0) is 38.3. The molecule has 1 aromatic carbocycles. The maximum atomic E-state index is 15.1. The van der Waals surface area contributed by atoms with Crippen molar-refractivity contribution in [1.29, 1.82) is 0 Å². The predicted molar refractivity (Wildman–Crippen MR) is 199 cm³/mol. The fraction of sp³-hybridized carbons (Fsp3) is 0.514. The Morgan fingerprint density at radius 2 is 1.88 bits per heavy atom. The van der Waals surface area contributed by atoms with Crippen molar-refractivity contribution < 1.29 is 32.6 Å². The third-order valence-electron chi connectivity index (χ3n) is 10.3. The number of rotatable bonds is 9. The van der Waals surface area contributed by atoms with E-state index in [-0.39, 0.29) is 45.1 Å². The Kier molecular flexibility index (Phi) is 11.3. The predicted octanol–water partition coefficient (Wildman–Crippen LogP) is 8.01. The standard InChI is InChI=1S/C37H49ClF2N6O5Si/c1-20(2)30-29(23(14-15-41-30)11-10-16-50-52(8,9)36(5,6)7)37(51-35(49)46-19-21(3)42-18-22(46)4)24-17-25(38)31(43-33(24)44-34(48)45-37)28-26(39)12-13-27(40)32(28)47/h12-15,17,20-22,42,47H,10-11,16,18-19H2,1-9H3,(H2,43,44,45,48). The lowest BCUT2D eigenvalue weighted by atomic mass is 9.84. The van der Waals surface area contributed by atoms with Crippen molar-refractivity contribution in [3.63, 3.8) is 0 Å². The van der Waals surface area contributed by atoms with Gasteiger partial charge in [0.25, 0.3) is 0 Å². The van der Waals surface area contributed by atoms with Crippen molar-refractivity contribution in [2.45, 2.75) is 103 Å². The molecular weight excluding hydrogens is 710 g/mol. The van der Waals surface area contributed by atoms with Crippen LogP contribution in [0.1, 0.15) is 83.2 Å². The van der Waals surface area contributed by atoms with Crippen LogP contribution >= 0.6 is 11.6 Å². The van der Waals surface area contributed by atoms with Crippen molar-refractivity contribution in [3.05, 3.63) is 69.5 Å². The number of nitrogens with zero attached hydrogens (tertiary/aromatic N) is 3. The molecule has 0 bridgehead atoms. The number of anilines is 1. The summed E-state index contributed by atoms with van der Waals surface area (Å²) in [7, 11) is -2.04. The molecule has 4 heterocycles.